The van der Waals surface area contributed by atoms with Crippen molar-refractivity contribution in [2.24, 2.45) is 0 Å². The monoisotopic (exact) mass is 128 g/mol. The summed E-state index contributed by atoms with van der Waals surface area (Å²) in [6, 6.07) is 0. The molecule has 0 spiro atoms. The molecule has 0 fully saturated rings. The van der Waals surface area contributed by atoms with Gasteiger partial charge in [-0.25, -0.2) is 0 Å². The van der Waals surface area contributed by atoms with E-state index >= 15 is 0 Å². The maximum atomic E-state index is 5.06. The molecule has 0 aliphatic carbocycles. The Hall–Kier alpha value is 0.670. The summed E-state index contributed by atoms with van der Waals surface area (Å²) >= 11 is 14.5. The van der Waals surface area contributed by atoms with Gasteiger partial charge in [-0.15, -0.1) is 11.6 Å². The van der Waals surface area contributed by atoms with Gasteiger partial charge in [0.05, 0.1) is 10.2 Å². The molecule has 0 N–H and O–H groups in total. The number of thiocarbonyl (C=S) groups is 1. The second-order valence-electron chi connectivity index (χ2n) is 0.489. The predicted octanol–water partition coefficient (Wildman–Crippen LogP) is 1.79. The number of halogens is 2. The predicted molar refractivity (Wildman–Crippen MR) is 29.2 cm³/mol. The van der Waals surface area contributed by atoms with Crippen molar-refractivity contribution in [2.75, 3.05) is 5.88 Å². The van der Waals surface area contributed by atoms with Crippen molar-refractivity contribution < 1.29 is 0 Å². The summed E-state index contributed by atoms with van der Waals surface area (Å²) in [5.41, 5.74) is 0. The lowest BCUT2D eigenvalue weighted by atomic mass is 11.0. The van der Waals surface area contributed by atoms with E-state index in [0.29, 0.717) is 4.32 Å². The van der Waals surface area contributed by atoms with Gasteiger partial charge in [0.1, 0.15) is 0 Å². The largest absolute Gasteiger partial charge is 0.120 e. The van der Waals surface area contributed by atoms with Crippen LogP contribution in [0.2, 0.25) is 0 Å². The summed E-state index contributed by atoms with van der Waals surface area (Å²) in [4.78, 5) is 0. The van der Waals surface area contributed by atoms with Gasteiger partial charge >= 0.3 is 0 Å². The third-order valence-electron chi connectivity index (χ3n) is 0.105. The average molecular weight is 129 g/mol. The zero-order valence-electron chi connectivity index (χ0n) is 2.37. The lowest BCUT2D eigenvalue weighted by Crippen LogP contribution is -1.76. The topological polar surface area (TPSA) is 0 Å². The van der Waals surface area contributed by atoms with Crippen molar-refractivity contribution in [3.05, 3.63) is 0 Å². The van der Waals surface area contributed by atoms with Crippen LogP contribution in [0.4, 0.5) is 0 Å². The normalized spacial score (nSPS) is 7.60. The van der Waals surface area contributed by atoms with Crippen LogP contribution in [0.15, 0.2) is 0 Å². The highest BCUT2D eigenvalue weighted by atomic mass is 35.5. The van der Waals surface area contributed by atoms with Gasteiger partial charge in [0.2, 0.25) is 0 Å². The third-order valence-corrected chi connectivity index (χ3v) is 0.946. The zero-order chi connectivity index (χ0) is 4.28. The lowest BCUT2D eigenvalue weighted by Gasteiger charge is -1.70. The molecule has 0 nitrogen and oxygen atoms in total. The fraction of sp³-hybridized carbons (Fsp3) is 0.500. The fourth-order valence-electron chi connectivity index (χ4n) is 0. The van der Waals surface area contributed by atoms with Gasteiger partial charge in [-0.2, -0.15) is 0 Å². The molecule has 0 amide bonds. The Labute approximate surface area is 46.1 Å². The summed E-state index contributed by atoms with van der Waals surface area (Å²) < 4.78 is 0.326. The Morgan fingerprint density at radius 3 is 2.00 bits per heavy atom. The molecule has 30 valence electrons. The highest BCUT2D eigenvalue weighted by molar-refractivity contribution is 7.83. The van der Waals surface area contributed by atoms with Crippen LogP contribution in [-0.2, 0) is 0 Å². The van der Waals surface area contributed by atoms with E-state index in [0.717, 1.165) is 0 Å². The quantitative estimate of drug-likeness (QED) is 0.295. The van der Waals surface area contributed by atoms with Crippen LogP contribution >= 0.6 is 35.4 Å². The molecule has 0 aromatic rings. The molecule has 0 bridgehead atoms. The maximum absolute atomic E-state index is 5.06. The van der Waals surface area contributed by atoms with Gasteiger partial charge in [0.25, 0.3) is 0 Å². The molecule has 0 aromatic carbocycles. The summed E-state index contributed by atoms with van der Waals surface area (Å²) in [6.45, 7) is 0. The smallest absolute Gasteiger partial charge is 0.0956 e. The number of rotatable bonds is 1. The number of alkyl halides is 1. The van der Waals surface area contributed by atoms with Crippen LogP contribution in [0.3, 0.4) is 0 Å². The summed E-state index contributed by atoms with van der Waals surface area (Å²) in [6.07, 6.45) is 0. The number of hydrogen-bond donors (Lipinski definition) is 0. The van der Waals surface area contributed by atoms with Crippen LogP contribution in [-0.4, -0.2) is 10.2 Å². The Balaban J connectivity index is 2.85. The lowest BCUT2D eigenvalue weighted by molar-refractivity contribution is 2.10. The molecule has 0 rings (SSSR count). The first kappa shape index (κ1) is 5.67. The first-order chi connectivity index (χ1) is 2.27. The Morgan fingerprint density at radius 1 is 1.80 bits per heavy atom. The van der Waals surface area contributed by atoms with Crippen LogP contribution < -0.4 is 0 Å². The van der Waals surface area contributed by atoms with E-state index in [4.69, 9.17) is 23.2 Å². The highest BCUT2D eigenvalue weighted by Crippen LogP contribution is 1.85. The van der Waals surface area contributed by atoms with Crippen LogP contribution in [0.5, 0.6) is 0 Å². The van der Waals surface area contributed by atoms with Gasteiger partial charge in [-0.3, -0.25) is 0 Å². The van der Waals surface area contributed by atoms with E-state index < -0.39 is 0 Å². The van der Waals surface area contributed by atoms with E-state index in [-0.39, 0.29) is 5.88 Å². The van der Waals surface area contributed by atoms with E-state index in [1.165, 1.54) is 0 Å². The standard InChI is InChI=1S/C2H2Cl2S/c3-1-2(4)5/h1H2. The molecular weight excluding hydrogens is 127 g/mol. The highest BCUT2D eigenvalue weighted by Gasteiger charge is 1.77. The van der Waals surface area contributed by atoms with Crippen molar-refractivity contribution in [3.63, 3.8) is 0 Å². The minimum Gasteiger partial charge on any atom is -0.120 e. The summed E-state index contributed by atoms with van der Waals surface area (Å²) in [5.74, 6) is 0.275. The SMILES string of the molecule is S=C(Cl)CCl. The van der Waals surface area contributed by atoms with E-state index in [1.807, 2.05) is 0 Å². The third kappa shape index (κ3) is 4.67. The van der Waals surface area contributed by atoms with E-state index in [2.05, 4.69) is 12.2 Å². The van der Waals surface area contributed by atoms with Crippen molar-refractivity contribution in [3.8, 4) is 0 Å². The molecule has 0 aliphatic heterocycles. The van der Waals surface area contributed by atoms with Crippen molar-refractivity contribution in [1.29, 1.82) is 0 Å². The maximum Gasteiger partial charge on any atom is 0.0956 e. The molecule has 0 saturated heterocycles. The minimum absolute atomic E-state index is 0.275. The van der Waals surface area contributed by atoms with E-state index in [9.17, 15) is 0 Å². The van der Waals surface area contributed by atoms with Crippen molar-refractivity contribution in [2.45, 2.75) is 0 Å². The number of hydrogen-bond acceptors (Lipinski definition) is 1. The molecule has 5 heavy (non-hydrogen) atoms. The second kappa shape index (κ2) is 2.88. The first-order valence-electron chi connectivity index (χ1n) is 1.01. The molecule has 0 radical (unpaired) electrons. The molecule has 3 heteroatoms. The molecule has 0 aromatic heterocycles. The summed E-state index contributed by atoms with van der Waals surface area (Å²) in [5, 5.41) is 0. The van der Waals surface area contributed by atoms with Crippen molar-refractivity contribution >= 4 is 39.7 Å². The second-order valence-corrected chi connectivity index (χ2v) is 1.93. The van der Waals surface area contributed by atoms with Gasteiger partial charge in [-0.1, -0.05) is 23.8 Å². The molecule has 0 saturated carbocycles. The van der Waals surface area contributed by atoms with Gasteiger partial charge in [-0.05, 0) is 0 Å². The van der Waals surface area contributed by atoms with Gasteiger partial charge in [0, 0.05) is 0 Å². The first-order valence-corrected chi connectivity index (χ1v) is 2.33. The Morgan fingerprint density at radius 2 is 2.00 bits per heavy atom. The van der Waals surface area contributed by atoms with E-state index in [1.54, 1.807) is 0 Å². The molecule has 0 heterocycles. The van der Waals surface area contributed by atoms with Crippen LogP contribution in [0.25, 0.3) is 0 Å². The fourth-order valence-corrected chi connectivity index (χ4v) is 0. The minimum atomic E-state index is 0.275. The molecule has 0 unspecified atom stereocenters. The molecule has 0 aliphatic rings. The average Bonchev–Trinajstić information content (AvgIpc) is 1.38. The Bertz CT molecular complexity index is 42.9. The molecule has 0 atom stereocenters. The van der Waals surface area contributed by atoms with Crippen LogP contribution in [0.1, 0.15) is 0 Å². The Kier molecular flexibility index (Phi) is 3.27. The van der Waals surface area contributed by atoms with Gasteiger partial charge < -0.3 is 0 Å². The molecular formula is C2H2Cl2S. The van der Waals surface area contributed by atoms with Crippen LogP contribution in [0, 0.1) is 0 Å². The van der Waals surface area contributed by atoms with Crippen molar-refractivity contribution in [1.82, 2.24) is 0 Å². The summed E-state index contributed by atoms with van der Waals surface area (Å²) in [7, 11) is 0. The van der Waals surface area contributed by atoms with Gasteiger partial charge in [0.15, 0.2) is 0 Å². The zero-order valence-corrected chi connectivity index (χ0v) is 4.70.